The number of anilines is 1. The van der Waals surface area contributed by atoms with Gasteiger partial charge in [-0.3, -0.25) is 19.3 Å². The van der Waals surface area contributed by atoms with Gasteiger partial charge in [0.2, 0.25) is 17.7 Å². The Bertz CT molecular complexity index is 787. The van der Waals surface area contributed by atoms with Crippen molar-refractivity contribution in [3.8, 4) is 0 Å². The lowest BCUT2D eigenvalue weighted by Gasteiger charge is -2.28. The molecule has 1 aromatic carbocycles. The fourth-order valence-corrected chi connectivity index (χ4v) is 7.35. The molecule has 6 atom stereocenters. The van der Waals surface area contributed by atoms with E-state index in [1.54, 1.807) is 0 Å². The van der Waals surface area contributed by atoms with Gasteiger partial charge in [0.1, 0.15) is 0 Å². The van der Waals surface area contributed by atoms with Crippen LogP contribution in [0, 0.1) is 27.2 Å². The zero-order valence-electron chi connectivity index (χ0n) is 15.8. The van der Waals surface area contributed by atoms with Crippen molar-refractivity contribution < 1.29 is 14.4 Å². The highest BCUT2D eigenvalue weighted by Gasteiger charge is 2.66. The van der Waals surface area contributed by atoms with Crippen molar-refractivity contribution in [1.29, 1.82) is 0 Å². The summed E-state index contributed by atoms with van der Waals surface area (Å²) in [5.74, 6) is 0.301. The van der Waals surface area contributed by atoms with Crippen LogP contribution >= 0.6 is 54.5 Å². The summed E-state index contributed by atoms with van der Waals surface area (Å²) in [4.78, 5) is 39.8. The van der Waals surface area contributed by atoms with Gasteiger partial charge in [-0.25, -0.2) is 0 Å². The number of likely N-dealkylation sites (tertiary alicyclic amines) is 1. The maximum atomic E-state index is 12.8. The number of benzene rings is 1. The lowest BCUT2D eigenvalue weighted by Crippen LogP contribution is -2.37. The van der Waals surface area contributed by atoms with Gasteiger partial charge in [0.05, 0.1) is 11.8 Å². The number of rotatable bonds is 7. The normalized spacial score (nSPS) is 32.7. The molecule has 0 unspecified atom stereocenters. The van der Waals surface area contributed by atoms with E-state index in [9.17, 15) is 14.4 Å². The predicted octanol–water partition coefficient (Wildman–Crippen LogP) is 4.57. The highest BCUT2D eigenvalue weighted by molar-refractivity contribution is 14.1. The molecule has 1 N–H and O–H groups in total. The second kappa shape index (κ2) is 8.94. The van der Waals surface area contributed by atoms with Crippen molar-refractivity contribution in [2.24, 2.45) is 23.7 Å². The largest absolute Gasteiger partial charge is 0.326 e. The van der Waals surface area contributed by atoms with Crippen LogP contribution < -0.4 is 5.32 Å². The van der Waals surface area contributed by atoms with Crippen molar-refractivity contribution in [3.05, 3.63) is 27.8 Å². The number of alkyl halides is 2. The zero-order chi connectivity index (χ0) is 20.7. The quantitative estimate of drug-likeness (QED) is 0.206. The van der Waals surface area contributed by atoms with Crippen molar-refractivity contribution in [3.63, 3.8) is 0 Å². The molecule has 1 heterocycles. The van der Waals surface area contributed by atoms with Crippen LogP contribution in [-0.2, 0) is 14.4 Å². The molecule has 1 saturated heterocycles. The Balaban J connectivity index is 1.20. The fraction of sp³-hybridized carbons (Fsp3) is 0.571. The number of halogens is 3. The van der Waals surface area contributed by atoms with Gasteiger partial charge in [-0.05, 0) is 78.0 Å². The van der Waals surface area contributed by atoms with E-state index >= 15 is 0 Å². The van der Waals surface area contributed by atoms with Gasteiger partial charge >= 0.3 is 0 Å². The number of hydrogen-bond donors (Lipinski definition) is 1. The second-order valence-corrected chi connectivity index (χ2v) is 11.6. The third-order valence-electron chi connectivity index (χ3n) is 6.49. The first-order valence-corrected chi connectivity index (χ1v) is 13.0. The molecule has 3 aliphatic rings. The van der Waals surface area contributed by atoms with Gasteiger partial charge in [-0.2, -0.15) is 0 Å². The molecular formula is C21H23Br2IN2O3. The molecule has 1 aromatic rings. The maximum Gasteiger partial charge on any atom is 0.233 e. The van der Waals surface area contributed by atoms with Crippen LogP contribution in [-0.4, -0.2) is 38.8 Å². The molecule has 0 aromatic heterocycles. The van der Waals surface area contributed by atoms with Crippen LogP contribution in [0.2, 0.25) is 0 Å². The molecule has 5 nitrogen and oxygen atoms in total. The Hall–Kier alpha value is -0.480. The third-order valence-corrected chi connectivity index (χ3v) is 10.4. The Kier molecular flexibility index (Phi) is 6.70. The minimum Gasteiger partial charge on any atom is -0.326 e. The molecule has 0 radical (unpaired) electrons. The molecule has 29 heavy (non-hydrogen) atoms. The smallest absolute Gasteiger partial charge is 0.233 e. The minimum absolute atomic E-state index is 0.00244. The summed E-state index contributed by atoms with van der Waals surface area (Å²) in [6.45, 7) is 0.475. The topological polar surface area (TPSA) is 66.5 Å². The number of hydrogen-bond acceptors (Lipinski definition) is 3. The molecule has 0 spiro atoms. The number of imide groups is 1. The Labute approximate surface area is 201 Å². The number of fused-ring (bicyclic) bond motifs is 5. The monoisotopic (exact) mass is 636 g/mol. The van der Waals surface area contributed by atoms with E-state index in [1.807, 2.05) is 24.3 Å². The summed E-state index contributed by atoms with van der Waals surface area (Å²) >= 11 is 9.65. The Morgan fingerprint density at radius 2 is 1.59 bits per heavy atom. The Morgan fingerprint density at radius 1 is 1.00 bits per heavy atom. The lowest BCUT2D eigenvalue weighted by molar-refractivity contribution is -0.140. The summed E-state index contributed by atoms with van der Waals surface area (Å²) < 4.78 is 1.13. The van der Waals surface area contributed by atoms with E-state index < -0.39 is 0 Å². The van der Waals surface area contributed by atoms with Gasteiger partial charge in [0.25, 0.3) is 0 Å². The zero-order valence-corrected chi connectivity index (χ0v) is 21.2. The van der Waals surface area contributed by atoms with Crippen molar-refractivity contribution in [2.45, 2.75) is 41.8 Å². The fourth-order valence-electron chi connectivity index (χ4n) is 5.12. The van der Waals surface area contributed by atoms with E-state index in [1.165, 1.54) is 4.90 Å². The van der Waals surface area contributed by atoms with Crippen LogP contribution in [0.3, 0.4) is 0 Å². The third kappa shape index (κ3) is 4.18. The van der Waals surface area contributed by atoms with E-state index in [-0.39, 0.29) is 51.0 Å². The number of carbonyl (C=O) groups excluding carboxylic acids is 3. The molecule has 8 heteroatoms. The number of amides is 3. The van der Waals surface area contributed by atoms with Gasteiger partial charge in [0, 0.05) is 31.9 Å². The van der Waals surface area contributed by atoms with Crippen molar-refractivity contribution in [1.82, 2.24) is 4.90 Å². The van der Waals surface area contributed by atoms with Crippen LogP contribution in [0.4, 0.5) is 5.69 Å². The summed E-state index contributed by atoms with van der Waals surface area (Å²) in [6, 6.07) is 7.70. The Morgan fingerprint density at radius 3 is 2.17 bits per heavy atom. The molecule has 3 fully saturated rings. The van der Waals surface area contributed by atoms with E-state index in [0.717, 1.165) is 34.9 Å². The van der Waals surface area contributed by atoms with E-state index in [2.05, 4.69) is 59.8 Å². The van der Waals surface area contributed by atoms with Crippen LogP contribution in [0.25, 0.3) is 0 Å². The van der Waals surface area contributed by atoms with E-state index in [0.29, 0.717) is 13.0 Å². The SMILES string of the molecule is O=C(CCCCCN1C(=O)[C@@H]2[C@@H]3C[C@H]([C@H](Br)[C@@H]3Br)[C@@H]2C1=O)Nc1ccc(I)cc1. The standard InChI is InChI=1S/C21H23Br2IN2O3/c22-18-13-10-14(19(18)23)17-16(13)20(28)26(21(17)29)9-3-1-2-4-15(27)25-12-7-5-11(24)6-8-12/h5-8,13-14,16-19H,1-4,9-10H2,(H,25,27)/t13-,14-,16-,17+,18-,19+/m0/s1. The van der Waals surface area contributed by atoms with Crippen molar-refractivity contribution >= 4 is 77.9 Å². The summed E-state index contributed by atoms with van der Waals surface area (Å²) in [6.07, 6.45) is 3.72. The average molecular weight is 638 g/mol. The van der Waals surface area contributed by atoms with Crippen LogP contribution in [0.1, 0.15) is 32.1 Å². The number of nitrogens with one attached hydrogen (secondary N) is 1. The average Bonchev–Trinajstić information content (AvgIpc) is 3.29. The van der Waals surface area contributed by atoms with Gasteiger partial charge < -0.3 is 5.32 Å². The van der Waals surface area contributed by atoms with Crippen LogP contribution in [0.15, 0.2) is 24.3 Å². The second-order valence-electron chi connectivity index (χ2n) is 8.20. The number of carbonyl (C=O) groups is 3. The highest BCUT2D eigenvalue weighted by Crippen LogP contribution is 2.60. The predicted molar refractivity (Wildman–Crippen MR) is 127 cm³/mol. The van der Waals surface area contributed by atoms with E-state index in [4.69, 9.17) is 0 Å². The first-order chi connectivity index (χ1) is 13.9. The molecule has 1 aliphatic heterocycles. The van der Waals surface area contributed by atoms with Gasteiger partial charge in [-0.1, -0.05) is 38.3 Å². The van der Waals surface area contributed by atoms with Crippen LogP contribution in [0.5, 0.6) is 0 Å². The summed E-state index contributed by atoms with van der Waals surface area (Å²) in [7, 11) is 0. The summed E-state index contributed by atoms with van der Waals surface area (Å²) in [5.41, 5.74) is 0.806. The first-order valence-electron chi connectivity index (χ1n) is 10.1. The molecule has 2 saturated carbocycles. The molecule has 3 amide bonds. The number of nitrogens with zero attached hydrogens (tertiary/aromatic N) is 1. The maximum absolute atomic E-state index is 12.8. The lowest BCUT2D eigenvalue weighted by atomic mass is 9.81. The van der Waals surface area contributed by atoms with Gasteiger partial charge in [-0.15, -0.1) is 0 Å². The minimum atomic E-state index is -0.134. The molecule has 2 aliphatic carbocycles. The highest BCUT2D eigenvalue weighted by atomic mass is 127. The molecule has 2 bridgehead atoms. The van der Waals surface area contributed by atoms with Gasteiger partial charge in [0.15, 0.2) is 0 Å². The molecular weight excluding hydrogens is 615 g/mol. The summed E-state index contributed by atoms with van der Waals surface area (Å²) in [5, 5.41) is 2.90. The number of unbranched alkanes of at least 4 members (excludes halogenated alkanes) is 2. The van der Waals surface area contributed by atoms with Crippen molar-refractivity contribution in [2.75, 3.05) is 11.9 Å². The molecule has 156 valence electrons. The molecule has 4 rings (SSSR count). The first kappa shape index (κ1) is 21.7.